The Balaban J connectivity index is 2.33. The van der Waals surface area contributed by atoms with E-state index in [-0.39, 0.29) is 10.6 Å². The largest absolute Gasteiger partial charge is 0.280 e. The minimum Gasteiger partial charge on any atom is -0.280 e. The van der Waals surface area contributed by atoms with Crippen molar-refractivity contribution in [2.45, 2.75) is 11.8 Å². The van der Waals surface area contributed by atoms with Crippen LogP contribution in [0, 0.1) is 24.1 Å². The standard InChI is InChI=1S/C14H11FN2O2S/c1-10-8-14(7-2-11(10)9-16)20(18,19)17-13-5-3-12(15)4-6-13/h2-8,17H,1H3. The molecule has 20 heavy (non-hydrogen) atoms. The maximum Gasteiger partial charge on any atom is 0.261 e. The molecule has 0 radical (unpaired) electrons. The molecule has 0 aliphatic heterocycles. The average Bonchev–Trinajstić information content (AvgIpc) is 2.41. The first-order valence-electron chi connectivity index (χ1n) is 5.71. The monoisotopic (exact) mass is 290 g/mol. The second-order valence-corrected chi connectivity index (χ2v) is 5.88. The van der Waals surface area contributed by atoms with Gasteiger partial charge in [0.2, 0.25) is 0 Å². The van der Waals surface area contributed by atoms with Gasteiger partial charge in [0.05, 0.1) is 16.5 Å². The molecule has 0 amide bonds. The fourth-order valence-electron chi connectivity index (χ4n) is 1.66. The Morgan fingerprint density at radius 1 is 1.15 bits per heavy atom. The Morgan fingerprint density at radius 2 is 1.80 bits per heavy atom. The number of hydrogen-bond donors (Lipinski definition) is 1. The molecule has 0 fully saturated rings. The molecule has 0 atom stereocenters. The lowest BCUT2D eigenvalue weighted by Gasteiger charge is -2.09. The summed E-state index contributed by atoms with van der Waals surface area (Å²) in [5.41, 5.74) is 1.27. The van der Waals surface area contributed by atoms with Crippen molar-refractivity contribution in [3.8, 4) is 6.07 Å². The molecule has 0 saturated carbocycles. The van der Waals surface area contributed by atoms with E-state index in [0.717, 1.165) is 0 Å². The average molecular weight is 290 g/mol. The van der Waals surface area contributed by atoms with E-state index < -0.39 is 15.8 Å². The quantitative estimate of drug-likeness (QED) is 0.945. The van der Waals surface area contributed by atoms with Gasteiger partial charge in [-0.25, -0.2) is 12.8 Å². The van der Waals surface area contributed by atoms with Gasteiger partial charge in [-0.2, -0.15) is 5.26 Å². The van der Waals surface area contributed by atoms with Gasteiger partial charge in [0, 0.05) is 5.69 Å². The Labute approximate surface area is 116 Å². The predicted molar refractivity (Wildman–Crippen MR) is 73.1 cm³/mol. The van der Waals surface area contributed by atoms with Gasteiger partial charge in [-0.3, -0.25) is 4.72 Å². The molecule has 0 aromatic heterocycles. The van der Waals surface area contributed by atoms with Crippen LogP contribution < -0.4 is 4.72 Å². The van der Waals surface area contributed by atoms with Crippen LogP contribution in [0.1, 0.15) is 11.1 Å². The van der Waals surface area contributed by atoms with Gasteiger partial charge in [-0.05, 0) is 55.0 Å². The molecule has 0 unspecified atom stereocenters. The molecule has 0 bridgehead atoms. The van der Waals surface area contributed by atoms with Crippen molar-refractivity contribution in [2.24, 2.45) is 0 Å². The van der Waals surface area contributed by atoms with Gasteiger partial charge in [0.1, 0.15) is 5.82 Å². The van der Waals surface area contributed by atoms with Crippen molar-refractivity contribution >= 4 is 15.7 Å². The first kappa shape index (κ1) is 14.0. The molecule has 0 aliphatic rings. The highest BCUT2D eigenvalue weighted by molar-refractivity contribution is 7.92. The van der Waals surface area contributed by atoms with E-state index >= 15 is 0 Å². The van der Waals surface area contributed by atoms with E-state index in [0.29, 0.717) is 11.1 Å². The van der Waals surface area contributed by atoms with Gasteiger partial charge in [-0.1, -0.05) is 0 Å². The second-order valence-electron chi connectivity index (χ2n) is 4.20. The topological polar surface area (TPSA) is 70.0 Å². The lowest BCUT2D eigenvalue weighted by Crippen LogP contribution is -2.13. The Morgan fingerprint density at radius 3 is 2.35 bits per heavy atom. The van der Waals surface area contributed by atoms with Crippen molar-refractivity contribution in [1.29, 1.82) is 5.26 Å². The van der Waals surface area contributed by atoms with E-state index in [1.54, 1.807) is 6.92 Å². The van der Waals surface area contributed by atoms with Crippen molar-refractivity contribution in [2.75, 3.05) is 4.72 Å². The highest BCUT2D eigenvalue weighted by atomic mass is 32.2. The summed E-state index contributed by atoms with van der Waals surface area (Å²) in [6, 6.07) is 11.2. The highest BCUT2D eigenvalue weighted by Gasteiger charge is 2.15. The molecule has 2 rings (SSSR count). The zero-order valence-corrected chi connectivity index (χ0v) is 11.4. The number of nitriles is 1. The number of halogens is 1. The number of aryl methyl sites for hydroxylation is 1. The van der Waals surface area contributed by atoms with Crippen molar-refractivity contribution in [3.63, 3.8) is 0 Å². The molecular formula is C14H11FN2O2S. The van der Waals surface area contributed by atoms with Crippen LogP contribution in [0.5, 0.6) is 0 Å². The lowest BCUT2D eigenvalue weighted by atomic mass is 10.1. The number of nitrogens with one attached hydrogen (secondary N) is 1. The van der Waals surface area contributed by atoms with E-state index in [2.05, 4.69) is 4.72 Å². The minimum atomic E-state index is -3.76. The third kappa shape index (κ3) is 2.95. The lowest BCUT2D eigenvalue weighted by molar-refractivity contribution is 0.601. The molecule has 0 heterocycles. The first-order valence-corrected chi connectivity index (χ1v) is 7.20. The molecule has 0 aliphatic carbocycles. The first-order chi connectivity index (χ1) is 9.42. The second kappa shape index (κ2) is 5.31. The summed E-state index contributed by atoms with van der Waals surface area (Å²) in [5, 5.41) is 8.82. The van der Waals surface area contributed by atoms with Crippen LogP contribution in [0.2, 0.25) is 0 Å². The molecule has 0 saturated heterocycles. The fraction of sp³-hybridized carbons (Fsp3) is 0.0714. The molecule has 102 valence electrons. The smallest absolute Gasteiger partial charge is 0.261 e. The molecule has 4 nitrogen and oxygen atoms in total. The minimum absolute atomic E-state index is 0.0540. The summed E-state index contributed by atoms with van der Waals surface area (Å²) in [6.45, 7) is 1.66. The van der Waals surface area contributed by atoms with Crippen molar-refractivity contribution in [3.05, 3.63) is 59.4 Å². The summed E-state index contributed by atoms with van der Waals surface area (Å²) in [5.74, 6) is -0.442. The summed E-state index contributed by atoms with van der Waals surface area (Å²) >= 11 is 0. The summed E-state index contributed by atoms with van der Waals surface area (Å²) in [7, 11) is -3.76. The van der Waals surface area contributed by atoms with E-state index in [1.165, 1.54) is 42.5 Å². The maximum atomic E-state index is 12.8. The van der Waals surface area contributed by atoms with Crippen LogP contribution in [-0.4, -0.2) is 8.42 Å². The number of benzene rings is 2. The Kier molecular flexibility index (Phi) is 3.72. The van der Waals surface area contributed by atoms with Crippen molar-refractivity contribution in [1.82, 2.24) is 0 Å². The Hall–Kier alpha value is -2.39. The third-order valence-electron chi connectivity index (χ3n) is 2.73. The van der Waals surface area contributed by atoms with Crippen LogP contribution in [0.3, 0.4) is 0 Å². The number of rotatable bonds is 3. The molecule has 1 N–H and O–H groups in total. The van der Waals surface area contributed by atoms with Gasteiger partial charge in [0.25, 0.3) is 10.0 Å². The zero-order valence-electron chi connectivity index (χ0n) is 10.6. The zero-order chi connectivity index (χ0) is 14.8. The molecule has 6 heteroatoms. The van der Waals surface area contributed by atoms with Crippen molar-refractivity contribution < 1.29 is 12.8 Å². The van der Waals surface area contributed by atoms with Crippen LogP contribution >= 0.6 is 0 Å². The summed E-state index contributed by atoms with van der Waals surface area (Å²) in [6.07, 6.45) is 0. The predicted octanol–water partition coefficient (Wildman–Crippen LogP) is 2.81. The molecule has 0 spiro atoms. The third-order valence-corrected chi connectivity index (χ3v) is 4.10. The molecule has 2 aromatic carbocycles. The van der Waals surface area contributed by atoms with Crippen LogP contribution in [-0.2, 0) is 10.0 Å². The Bertz CT molecular complexity index is 778. The molecule has 2 aromatic rings. The summed E-state index contributed by atoms with van der Waals surface area (Å²) < 4.78 is 39.4. The van der Waals surface area contributed by atoms with Gasteiger partial charge in [0.15, 0.2) is 0 Å². The number of nitrogens with zero attached hydrogens (tertiary/aromatic N) is 1. The van der Waals surface area contributed by atoms with E-state index in [4.69, 9.17) is 5.26 Å². The summed E-state index contributed by atoms with van der Waals surface area (Å²) in [4.78, 5) is 0.0540. The van der Waals surface area contributed by atoms with E-state index in [1.807, 2.05) is 6.07 Å². The number of hydrogen-bond acceptors (Lipinski definition) is 3. The number of anilines is 1. The van der Waals surface area contributed by atoms with Crippen LogP contribution in [0.15, 0.2) is 47.4 Å². The van der Waals surface area contributed by atoms with E-state index in [9.17, 15) is 12.8 Å². The normalized spacial score (nSPS) is 10.8. The number of sulfonamides is 1. The fourth-order valence-corrected chi connectivity index (χ4v) is 2.80. The van der Waals surface area contributed by atoms with Gasteiger partial charge >= 0.3 is 0 Å². The SMILES string of the molecule is Cc1cc(S(=O)(=O)Nc2ccc(F)cc2)ccc1C#N. The molecular weight excluding hydrogens is 279 g/mol. The van der Waals surface area contributed by atoms with Crippen LogP contribution in [0.4, 0.5) is 10.1 Å². The maximum absolute atomic E-state index is 12.8. The van der Waals surface area contributed by atoms with Crippen LogP contribution in [0.25, 0.3) is 0 Å². The van der Waals surface area contributed by atoms with Gasteiger partial charge < -0.3 is 0 Å². The highest BCUT2D eigenvalue weighted by Crippen LogP contribution is 2.19. The van der Waals surface area contributed by atoms with Gasteiger partial charge in [-0.15, -0.1) is 0 Å².